The Morgan fingerprint density at radius 2 is 2.03 bits per heavy atom. The minimum Gasteiger partial charge on any atom is -0.497 e. The first-order chi connectivity index (χ1) is 15.1. The van der Waals surface area contributed by atoms with Crippen molar-refractivity contribution in [3.63, 3.8) is 0 Å². The number of fused-ring (bicyclic) bond motifs is 4. The Bertz CT molecular complexity index is 1070. The van der Waals surface area contributed by atoms with Crippen molar-refractivity contribution >= 4 is 10.9 Å². The van der Waals surface area contributed by atoms with Crippen LogP contribution in [0.15, 0.2) is 42.5 Å². The summed E-state index contributed by atoms with van der Waals surface area (Å²) >= 11 is 0. The van der Waals surface area contributed by atoms with Crippen molar-refractivity contribution in [1.29, 1.82) is 0 Å². The van der Waals surface area contributed by atoms with Gasteiger partial charge in [0.05, 0.1) is 12.6 Å². The highest BCUT2D eigenvalue weighted by Crippen LogP contribution is 2.40. The van der Waals surface area contributed by atoms with Crippen LogP contribution in [0.25, 0.3) is 10.9 Å². The molecular formula is C26H33N3O2. The molecule has 5 heteroatoms. The number of hydrogen-bond donors (Lipinski definition) is 2. The number of ether oxygens (including phenoxy) is 2. The molecule has 2 N–H and O–H groups in total. The molecule has 3 aromatic rings. The first kappa shape index (κ1) is 20.4. The molecule has 0 saturated carbocycles. The molecule has 1 aromatic heterocycles. The first-order valence-electron chi connectivity index (χ1n) is 11.5. The van der Waals surface area contributed by atoms with Gasteiger partial charge in [-0.15, -0.1) is 0 Å². The Kier molecular flexibility index (Phi) is 5.40. The molecule has 1 unspecified atom stereocenters. The van der Waals surface area contributed by atoms with Crippen molar-refractivity contribution in [2.75, 3.05) is 39.9 Å². The van der Waals surface area contributed by atoms with Gasteiger partial charge >= 0.3 is 0 Å². The molecule has 1 atom stereocenters. The lowest BCUT2D eigenvalue weighted by molar-refractivity contribution is 0.218. The Morgan fingerprint density at radius 3 is 2.87 bits per heavy atom. The van der Waals surface area contributed by atoms with E-state index in [1.807, 2.05) is 6.07 Å². The van der Waals surface area contributed by atoms with Crippen LogP contribution < -0.4 is 14.8 Å². The Balaban J connectivity index is 1.28. The number of nitrogens with zero attached hydrogens (tertiary/aromatic N) is 1. The monoisotopic (exact) mass is 419 g/mol. The van der Waals surface area contributed by atoms with Crippen LogP contribution in [0, 0.1) is 0 Å². The van der Waals surface area contributed by atoms with E-state index in [1.165, 1.54) is 27.7 Å². The number of methoxy groups -OCH3 is 1. The Morgan fingerprint density at radius 1 is 1.13 bits per heavy atom. The number of likely N-dealkylation sites (tertiary alicyclic amines) is 1. The van der Waals surface area contributed by atoms with E-state index in [2.05, 4.69) is 65.4 Å². The third-order valence-corrected chi connectivity index (χ3v) is 6.98. The van der Waals surface area contributed by atoms with E-state index in [1.54, 1.807) is 7.11 Å². The maximum atomic E-state index is 6.09. The number of H-pyrrole nitrogens is 1. The predicted molar refractivity (Wildman–Crippen MR) is 125 cm³/mol. The van der Waals surface area contributed by atoms with Gasteiger partial charge in [-0.05, 0) is 60.2 Å². The lowest BCUT2D eigenvalue weighted by atomic mass is 9.86. The number of aromatic nitrogens is 1. The minimum absolute atomic E-state index is 0.0113. The summed E-state index contributed by atoms with van der Waals surface area (Å²) in [5.41, 5.74) is 5.37. The van der Waals surface area contributed by atoms with Gasteiger partial charge in [0, 0.05) is 42.8 Å². The summed E-state index contributed by atoms with van der Waals surface area (Å²) in [5.74, 6) is 2.42. The summed E-state index contributed by atoms with van der Waals surface area (Å²) in [6.45, 7) is 9.21. The Labute approximate surface area is 184 Å². The topological polar surface area (TPSA) is 49.5 Å². The van der Waals surface area contributed by atoms with Crippen LogP contribution >= 0.6 is 0 Å². The molecule has 5 rings (SSSR count). The lowest BCUT2D eigenvalue weighted by Gasteiger charge is -2.35. The van der Waals surface area contributed by atoms with Crippen molar-refractivity contribution in [2.24, 2.45) is 0 Å². The van der Waals surface area contributed by atoms with E-state index in [0.29, 0.717) is 12.5 Å². The van der Waals surface area contributed by atoms with Gasteiger partial charge in [-0.1, -0.05) is 26.0 Å². The average Bonchev–Trinajstić information content (AvgIpc) is 3.36. The van der Waals surface area contributed by atoms with Crippen molar-refractivity contribution in [1.82, 2.24) is 15.2 Å². The summed E-state index contributed by atoms with van der Waals surface area (Å²) in [6.07, 6.45) is 2.17. The van der Waals surface area contributed by atoms with E-state index in [-0.39, 0.29) is 5.54 Å². The second-order valence-corrected chi connectivity index (χ2v) is 9.25. The molecule has 31 heavy (non-hydrogen) atoms. The van der Waals surface area contributed by atoms with Gasteiger partial charge in [-0.3, -0.25) is 4.90 Å². The van der Waals surface area contributed by atoms with Gasteiger partial charge in [0.15, 0.2) is 0 Å². The van der Waals surface area contributed by atoms with Crippen LogP contribution in [0.5, 0.6) is 11.5 Å². The van der Waals surface area contributed by atoms with E-state index in [4.69, 9.17) is 9.47 Å². The molecular weight excluding hydrogens is 386 g/mol. The van der Waals surface area contributed by atoms with Crippen LogP contribution in [0.1, 0.15) is 43.0 Å². The highest BCUT2D eigenvalue weighted by molar-refractivity contribution is 5.86. The smallest absolute Gasteiger partial charge is 0.119 e. The number of rotatable bonds is 6. The van der Waals surface area contributed by atoms with Crippen molar-refractivity contribution in [3.8, 4) is 11.5 Å². The van der Waals surface area contributed by atoms with Crippen LogP contribution in [0.2, 0.25) is 0 Å². The van der Waals surface area contributed by atoms with Gasteiger partial charge in [0.1, 0.15) is 18.1 Å². The predicted octanol–water partition coefficient (Wildman–Crippen LogP) is 4.43. The Hall–Kier alpha value is -2.50. The molecule has 1 saturated heterocycles. The molecule has 1 spiro atoms. The first-order valence-corrected chi connectivity index (χ1v) is 11.5. The van der Waals surface area contributed by atoms with Gasteiger partial charge in [0.25, 0.3) is 0 Å². The second-order valence-electron chi connectivity index (χ2n) is 9.25. The summed E-state index contributed by atoms with van der Waals surface area (Å²) in [6, 6.07) is 14.9. The summed E-state index contributed by atoms with van der Waals surface area (Å²) in [5, 5.41) is 5.16. The van der Waals surface area contributed by atoms with Gasteiger partial charge in [0.2, 0.25) is 0 Å². The van der Waals surface area contributed by atoms with E-state index < -0.39 is 0 Å². The average molecular weight is 420 g/mol. The van der Waals surface area contributed by atoms with Gasteiger partial charge in [-0.2, -0.15) is 0 Å². The van der Waals surface area contributed by atoms with Gasteiger partial charge in [-0.25, -0.2) is 0 Å². The largest absolute Gasteiger partial charge is 0.497 e. The highest BCUT2D eigenvalue weighted by Gasteiger charge is 2.43. The zero-order valence-electron chi connectivity index (χ0n) is 18.8. The SMILES string of the molecule is COc1ccc2[nH]c3c(c2c1)CCNC31CCN(CCOc2cccc(C(C)C)c2)C1. The summed E-state index contributed by atoms with van der Waals surface area (Å²) in [4.78, 5) is 6.27. The molecule has 5 nitrogen and oxygen atoms in total. The highest BCUT2D eigenvalue weighted by atomic mass is 16.5. The third kappa shape index (κ3) is 3.81. The number of hydrogen-bond acceptors (Lipinski definition) is 4. The third-order valence-electron chi connectivity index (χ3n) is 6.98. The van der Waals surface area contributed by atoms with Crippen LogP contribution in [-0.4, -0.2) is 49.8 Å². The van der Waals surface area contributed by atoms with Gasteiger partial charge < -0.3 is 19.8 Å². The number of aromatic amines is 1. The standard InChI is InChI=1S/C26H33N3O2/c1-18(2)19-5-4-6-21(15-19)31-14-13-29-12-10-26(17-29)25-22(9-11-27-26)23-16-20(30-3)7-8-24(23)28-25/h4-8,15-16,18,27-28H,9-14,17H2,1-3H3. The molecule has 3 heterocycles. The number of nitrogens with one attached hydrogen (secondary N) is 2. The van der Waals surface area contributed by atoms with Crippen LogP contribution in [0.3, 0.4) is 0 Å². The van der Waals surface area contributed by atoms with Crippen LogP contribution in [0.4, 0.5) is 0 Å². The molecule has 0 radical (unpaired) electrons. The molecule has 0 bridgehead atoms. The zero-order chi connectivity index (χ0) is 21.4. The maximum Gasteiger partial charge on any atom is 0.119 e. The summed E-state index contributed by atoms with van der Waals surface area (Å²) < 4.78 is 11.6. The van der Waals surface area contributed by atoms with Crippen LogP contribution in [-0.2, 0) is 12.0 Å². The molecule has 0 aliphatic carbocycles. The fourth-order valence-electron chi connectivity index (χ4n) is 5.22. The second kappa shape index (κ2) is 8.21. The normalized spacial score (nSPS) is 21.2. The fourth-order valence-corrected chi connectivity index (χ4v) is 5.22. The maximum absolute atomic E-state index is 6.09. The van der Waals surface area contributed by atoms with E-state index in [9.17, 15) is 0 Å². The van der Waals surface area contributed by atoms with Crippen molar-refractivity contribution < 1.29 is 9.47 Å². The quantitative estimate of drug-likeness (QED) is 0.621. The molecule has 1 fully saturated rings. The molecule has 2 aliphatic rings. The molecule has 164 valence electrons. The summed E-state index contributed by atoms with van der Waals surface area (Å²) in [7, 11) is 1.74. The van der Waals surface area contributed by atoms with Crippen molar-refractivity contribution in [3.05, 3.63) is 59.3 Å². The fraction of sp³-hybridized carbons (Fsp3) is 0.462. The van der Waals surface area contributed by atoms with E-state index >= 15 is 0 Å². The minimum atomic E-state index is 0.0113. The van der Waals surface area contributed by atoms with E-state index in [0.717, 1.165) is 50.5 Å². The number of benzene rings is 2. The molecule has 2 aromatic carbocycles. The molecule has 2 aliphatic heterocycles. The zero-order valence-corrected chi connectivity index (χ0v) is 18.8. The van der Waals surface area contributed by atoms with Crippen molar-refractivity contribution in [2.45, 2.75) is 38.1 Å². The lowest BCUT2D eigenvalue weighted by Crippen LogP contribution is -2.49. The molecule has 0 amide bonds.